The summed E-state index contributed by atoms with van der Waals surface area (Å²) in [5.74, 6) is -1.25. The van der Waals surface area contributed by atoms with Crippen molar-refractivity contribution in [2.24, 2.45) is 5.73 Å². The second kappa shape index (κ2) is 56.8. The van der Waals surface area contributed by atoms with Crippen LogP contribution >= 0.6 is 0 Å². The summed E-state index contributed by atoms with van der Waals surface area (Å²) in [7, 11) is 0. The second-order valence-electron chi connectivity index (χ2n) is 26.1. The van der Waals surface area contributed by atoms with Crippen LogP contribution in [0.3, 0.4) is 0 Å². The molecule has 8 amide bonds. The number of rotatable bonds is 60. The van der Waals surface area contributed by atoms with Gasteiger partial charge in [0, 0.05) is 99.6 Å². The summed E-state index contributed by atoms with van der Waals surface area (Å²) in [5, 5.41) is 113. The van der Waals surface area contributed by atoms with Gasteiger partial charge in [0.15, 0.2) is 0 Å². The topological polar surface area (TPSA) is 518 Å². The van der Waals surface area contributed by atoms with Gasteiger partial charge in [0.2, 0.25) is 23.6 Å². The maximum absolute atomic E-state index is 12.6. The standard InChI is InChI=1S/C67H127N9O27/c1-46(80)74-56-49(101-52(40-77)59(84)62(56)87)16-7-4-10-25-92-34-37-95-31-22-69-55(83)19-13-28-98-43-67(68,44-99-29-14-20-70-65(90)72-23-32-96-38-35-93-26-11-5-8-17-50-57(75-47(2)81)63(88)60(85)53(41-78)102-50)45-100-30-15-21-71-66(91)73-24-33-97-39-36-94-27-12-6-9-18-51-58(76-48(3)82)64(89)61(86)54(42-79)103-51/h49-54,56-64,77-79,84-89H,4-45,68H2,1-3H3,(H,69,83)(H,74,80)(H,75,81)(H,76,82)(H2,70,72,90)(H2,71,73,91)/t49-,50-,51-,52-,53-,54-,56+,57+,58+,59+,60+,61+,62-,63-,64-/m1/s1. The highest BCUT2D eigenvalue weighted by Crippen LogP contribution is 2.28. The largest absolute Gasteiger partial charge is 0.394 e. The first-order chi connectivity index (χ1) is 49.6. The molecule has 15 atom stereocenters. The van der Waals surface area contributed by atoms with E-state index in [-0.39, 0.29) is 108 Å². The van der Waals surface area contributed by atoms with Crippen molar-refractivity contribution in [2.45, 2.75) is 220 Å². The monoisotopic (exact) mass is 1490 g/mol. The zero-order valence-corrected chi connectivity index (χ0v) is 60.8. The number of amides is 8. The van der Waals surface area contributed by atoms with Crippen molar-refractivity contribution in [3.05, 3.63) is 0 Å². The number of carbonyl (C=O) groups is 6. The Labute approximate surface area is 605 Å². The lowest BCUT2D eigenvalue weighted by molar-refractivity contribution is -0.196. The van der Waals surface area contributed by atoms with E-state index < -0.39 is 117 Å². The quantitative estimate of drug-likeness (QED) is 0.0257. The number of ether oxygens (including phenoxy) is 12. The minimum atomic E-state index is -1.32. The number of urea groups is 2. The summed E-state index contributed by atoms with van der Waals surface area (Å²) in [4.78, 5) is 72.4. The molecule has 36 heteroatoms. The molecule has 3 rings (SSSR count). The number of unbranched alkanes of at least 4 members (excludes halogenated alkanes) is 6. The molecule has 19 N–H and O–H groups in total. The summed E-state index contributed by atoms with van der Waals surface area (Å²) in [6.07, 6.45) is -2.37. The molecule has 3 fully saturated rings. The van der Waals surface area contributed by atoms with Gasteiger partial charge in [-0.2, -0.15) is 0 Å². The highest BCUT2D eigenvalue weighted by atomic mass is 16.6. The predicted octanol–water partition coefficient (Wildman–Crippen LogP) is -4.25. The van der Waals surface area contributed by atoms with E-state index >= 15 is 0 Å². The van der Waals surface area contributed by atoms with Crippen LogP contribution in [0.4, 0.5) is 9.59 Å². The van der Waals surface area contributed by atoms with Crippen LogP contribution in [-0.2, 0) is 76.0 Å². The van der Waals surface area contributed by atoms with Crippen LogP contribution in [0.25, 0.3) is 0 Å². The van der Waals surface area contributed by atoms with Crippen LogP contribution in [-0.4, -0.2) is 350 Å². The Bertz CT molecular complexity index is 2150. The first-order valence-corrected chi connectivity index (χ1v) is 36.6. The maximum Gasteiger partial charge on any atom is 0.314 e. The van der Waals surface area contributed by atoms with Gasteiger partial charge in [0.25, 0.3) is 0 Å². The van der Waals surface area contributed by atoms with Crippen LogP contribution < -0.4 is 48.3 Å². The minimum absolute atomic E-state index is 0.0503. The van der Waals surface area contributed by atoms with Crippen molar-refractivity contribution in [1.82, 2.24) is 42.5 Å². The molecule has 103 heavy (non-hydrogen) atoms. The molecular weight excluding hydrogens is 1360 g/mol. The Hall–Kier alpha value is -4.46. The van der Waals surface area contributed by atoms with E-state index in [1.165, 1.54) is 20.8 Å². The first-order valence-electron chi connectivity index (χ1n) is 36.6. The number of aliphatic hydroxyl groups is 9. The van der Waals surface area contributed by atoms with Gasteiger partial charge in [-0.05, 0) is 57.8 Å². The average Bonchev–Trinajstić information content (AvgIpc) is 0.824. The molecule has 0 saturated carbocycles. The first kappa shape index (κ1) is 92.7. The highest BCUT2D eigenvalue weighted by Gasteiger charge is 2.47. The Morgan fingerprint density at radius 1 is 0.330 bits per heavy atom. The van der Waals surface area contributed by atoms with Crippen molar-refractivity contribution >= 4 is 35.7 Å². The van der Waals surface area contributed by atoms with Gasteiger partial charge >= 0.3 is 12.1 Å². The van der Waals surface area contributed by atoms with Crippen molar-refractivity contribution in [3.8, 4) is 0 Å². The van der Waals surface area contributed by atoms with E-state index in [1.54, 1.807) is 0 Å². The molecule has 0 radical (unpaired) electrons. The third-order valence-corrected chi connectivity index (χ3v) is 17.1. The molecule has 3 aliphatic heterocycles. The highest BCUT2D eigenvalue weighted by molar-refractivity contribution is 5.76. The maximum atomic E-state index is 12.6. The summed E-state index contributed by atoms with van der Waals surface area (Å²) < 4.78 is 68.8. The molecule has 0 spiro atoms. The Morgan fingerprint density at radius 2 is 0.612 bits per heavy atom. The van der Waals surface area contributed by atoms with Crippen LogP contribution in [0.2, 0.25) is 0 Å². The second-order valence-corrected chi connectivity index (χ2v) is 26.1. The fourth-order valence-corrected chi connectivity index (χ4v) is 11.7. The smallest absolute Gasteiger partial charge is 0.314 e. The number of nitrogens with one attached hydrogen (secondary N) is 8. The zero-order chi connectivity index (χ0) is 75.5. The van der Waals surface area contributed by atoms with E-state index in [2.05, 4.69) is 42.5 Å². The third-order valence-electron chi connectivity index (χ3n) is 17.1. The van der Waals surface area contributed by atoms with Crippen LogP contribution in [0.15, 0.2) is 0 Å². The summed E-state index contributed by atoms with van der Waals surface area (Å²) in [6, 6.07) is -3.11. The SMILES string of the molecule is CC(=O)N[C@@H]1[C@@H](O)[C@@H](O)[C@@H](CO)O[C@@H]1CCCCCOCCOCCNC(=O)CCCOCC(N)(COCCCNC(=O)NCCOCCOCCCCC[C@H]1O[C@H](CO)[C@H](O)[C@H](O)[C@H]1NC(C)=O)COCCCNC(=O)NCCOCCOCCCCC[C@H]1O[C@H](CO)[C@H](O)[C@H](O)[C@H]1NC(C)=O. The number of hydrogen-bond donors (Lipinski definition) is 18. The van der Waals surface area contributed by atoms with Gasteiger partial charge in [-0.15, -0.1) is 0 Å². The van der Waals surface area contributed by atoms with Crippen molar-refractivity contribution < 1.29 is 132 Å². The van der Waals surface area contributed by atoms with E-state index in [4.69, 9.17) is 62.6 Å². The lowest BCUT2D eigenvalue weighted by Gasteiger charge is -2.42. The van der Waals surface area contributed by atoms with Crippen LogP contribution in [0.5, 0.6) is 0 Å². The van der Waals surface area contributed by atoms with Gasteiger partial charge in [-0.25, -0.2) is 9.59 Å². The molecule has 0 unspecified atom stereocenters. The lowest BCUT2D eigenvalue weighted by atomic mass is 9.90. The Kier molecular flexibility index (Phi) is 51.1. The summed E-state index contributed by atoms with van der Waals surface area (Å²) >= 11 is 0. The molecule has 0 aliphatic carbocycles. The van der Waals surface area contributed by atoms with E-state index in [9.17, 15) is 74.7 Å². The third kappa shape index (κ3) is 40.9. The fourth-order valence-electron chi connectivity index (χ4n) is 11.7. The average molecular weight is 1490 g/mol. The Balaban J connectivity index is 1.25. The predicted molar refractivity (Wildman–Crippen MR) is 370 cm³/mol. The Morgan fingerprint density at radius 3 is 0.922 bits per heavy atom. The molecule has 3 heterocycles. The number of aliphatic hydroxyl groups excluding tert-OH is 9. The van der Waals surface area contributed by atoms with Crippen molar-refractivity contribution in [3.63, 3.8) is 0 Å². The molecule has 0 aromatic heterocycles. The lowest BCUT2D eigenvalue weighted by Crippen LogP contribution is -2.63. The molecule has 0 aromatic rings. The van der Waals surface area contributed by atoms with E-state index in [0.29, 0.717) is 143 Å². The number of carbonyl (C=O) groups excluding carboxylic acids is 6. The summed E-state index contributed by atoms with van der Waals surface area (Å²) in [6.45, 7) is 9.42. The molecule has 3 saturated heterocycles. The number of hydrogen-bond acceptors (Lipinski definition) is 28. The van der Waals surface area contributed by atoms with Crippen molar-refractivity contribution in [2.75, 3.05) is 171 Å². The minimum Gasteiger partial charge on any atom is -0.394 e. The van der Waals surface area contributed by atoms with Gasteiger partial charge < -0.3 is 151 Å². The van der Waals surface area contributed by atoms with E-state index in [0.717, 1.165) is 38.5 Å². The number of nitrogens with two attached hydrogens (primary N) is 1. The zero-order valence-electron chi connectivity index (χ0n) is 60.8. The fraction of sp³-hybridized carbons (Fsp3) is 0.910. The van der Waals surface area contributed by atoms with Gasteiger partial charge in [0.05, 0.1) is 141 Å². The molecule has 0 aromatic carbocycles. The van der Waals surface area contributed by atoms with Gasteiger partial charge in [-0.1, -0.05) is 38.5 Å². The van der Waals surface area contributed by atoms with Crippen LogP contribution in [0, 0.1) is 0 Å². The van der Waals surface area contributed by atoms with Gasteiger partial charge in [0.1, 0.15) is 54.9 Å². The van der Waals surface area contributed by atoms with Crippen LogP contribution in [0.1, 0.15) is 124 Å². The molecule has 0 bridgehead atoms. The summed E-state index contributed by atoms with van der Waals surface area (Å²) in [5.41, 5.74) is 5.69. The molecule has 36 nitrogen and oxygen atoms in total. The molecule has 602 valence electrons. The normalized spacial score (nSPS) is 25.0. The molecular formula is C67H127N9O27. The van der Waals surface area contributed by atoms with Crippen molar-refractivity contribution in [1.29, 1.82) is 0 Å². The molecule has 3 aliphatic rings. The van der Waals surface area contributed by atoms with Gasteiger partial charge in [-0.3, -0.25) is 19.2 Å². The van der Waals surface area contributed by atoms with E-state index in [1.807, 2.05) is 0 Å².